The average molecular weight is 241 g/mol. The first kappa shape index (κ1) is 10.3. The van der Waals surface area contributed by atoms with E-state index in [0.717, 1.165) is 4.47 Å². The van der Waals surface area contributed by atoms with Crippen molar-refractivity contribution >= 4 is 21.8 Å². The van der Waals surface area contributed by atoms with E-state index in [1.54, 1.807) is 0 Å². The summed E-state index contributed by atoms with van der Waals surface area (Å²) in [5, 5.41) is 7.65. The molecule has 0 aliphatic heterocycles. The third-order valence-electron chi connectivity index (χ3n) is 1.82. The van der Waals surface area contributed by atoms with E-state index in [1.807, 2.05) is 43.3 Å². The first-order chi connectivity index (χ1) is 6.09. The highest BCUT2D eigenvalue weighted by Crippen LogP contribution is 2.11. The molecule has 0 radical (unpaired) electrons. The molecule has 2 nitrogen and oxygen atoms in total. The van der Waals surface area contributed by atoms with Crippen LogP contribution in [0.1, 0.15) is 5.56 Å². The van der Waals surface area contributed by atoms with E-state index in [9.17, 15) is 0 Å². The van der Waals surface area contributed by atoms with Gasteiger partial charge in [-0.1, -0.05) is 28.1 Å². The van der Waals surface area contributed by atoms with Crippen LogP contribution in [0, 0.1) is 5.41 Å². The van der Waals surface area contributed by atoms with Crippen LogP contribution < -0.4 is 0 Å². The summed E-state index contributed by atoms with van der Waals surface area (Å²) in [7, 11) is 3.78. The second-order valence-corrected chi connectivity index (χ2v) is 4.06. The van der Waals surface area contributed by atoms with Crippen LogP contribution in [0.2, 0.25) is 0 Å². The highest BCUT2D eigenvalue weighted by molar-refractivity contribution is 9.10. The third-order valence-corrected chi connectivity index (χ3v) is 2.35. The normalized spacial score (nSPS) is 9.77. The first-order valence-electron chi connectivity index (χ1n) is 4.09. The quantitative estimate of drug-likeness (QED) is 0.625. The van der Waals surface area contributed by atoms with Gasteiger partial charge >= 0.3 is 0 Å². The Bertz CT molecular complexity index is 290. The van der Waals surface area contributed by atoms with Crippen molar-refractivity contribution < 1.29 is 0 Å². The molecule has 0 fully saturated rings. The number of benzene rings is 1. The molecule has 0 saturated carbocycles. The van der Waals surface area contributed by atoms with Crippen molar-refractivity contribution in [3.8, 4) is 0 Å². The zero-order valence-electron chi connectivity index (χ0n) is 7.84. The molecule has 0 aliphatic carbocycles. The molecule has 70 valence electrons. The predicted molar refractivity (Wildman–Crippen MR) is 59.3 cm³/mol. The number of nitrogens with one attached hydrogen (secondary N) is 1. The Hall–Kier alpha value is -0.830. The van der Waals surface area contributed by atoms with Gasteiger partial charge in [0.15, 0.2) is 0 Å². The molecule has 3 heteroatoms. The van der Waals surface area contributed by atoms with Gasteiger partial charge in [-0.3, -0.25) is 5.41 Å². The summed E-state index contributed by atoms with van der Waals surface area (Å²) in [6, 6.07) is 8.06. The molecular weight excluding hydrogens is 228 g/mol. The second kappa shape index (κ2) is 4.42. The number of rotatable bonds is 2. The van der Waals surface area contributed by atoms with Crippen molar-refractivity contribution in [1.29, 1.82) is 5.41 Å². The average Bonchev–Trinajstić information content (AvgIpc) is 2.08. The van der Waals surface area contributed by atoms with E-state index in [2.05, 4.69) is 15.9 Å². The van der Waals surface area contributed by atoms with Gasteiger partial charge in [-0.05, 0) is 17.7 Å². The summed E-state index contributed by atoms with van der Waals surface area (Å²) in [4.78, 5) is 1.82. The van der Waals surface area contributed by atoms with Gasteiger partial charge < -0.3 is 4.90 Å². The molecule has 0 aliphatic rings. The fraction of sp³-hybridized carbons (Fsp3) is 0.300. The molecule has 1 N–H and O–H groups in total. The molecule has 1 rings (SSSR count). The van der Waals surface area contributed by atoms with E-state index in [4.69, 9.17) is 5.41 Å². The van der Waals surface area contributed by atoms with E-state index in [0.29, 0.717) is 12.3 Å². The minimum Gasteiger partial charge on any atom is -0.366 e. The summed E-state index contributed by atoms with van der Waals surface area (Å²) in [5.74, 6) is 0.627. The summed E-state index contributed by atoms with van der Waals surface area (Å²) >= 11 is 3.38. The Labute approximate surface area is 87.2 Å². The van der Waals surface area contributed by atoms with Crippen LogP contribution in [0.5, 0.6) is 0 Å². The van der Waals surface area contributed by atoms with Crippen LogP contribution in [-0.2, 0) is 6.42 Å². The molecule has 0 unspecified atom stereocenters. The minimum absolute atomic E-state index is 0.627. The Morgan fingerprint density at radius 2 is 1.85 bits per heavy atom. The largest absolute Gasteiger partial charge is 0.366 e. The molecule has 0 aromatic heterocycles. The molecule has 0 heterocycles. The molecule has 13 heavy (non-hydrogen) atoms. The molecule has 1 aromatic rings. The molecule has 0 bridgehead atoms. The van der Waals surface area contributed by atoms with Crippen LogP contribution in [-0.4, -0.2) is 24.8 Å². The lowest BCUT2D eigenvalue weighted by atomic mass is 10.1. The zero-order valence-corrected chi connectivity index (χ0v) is 9.43. The molecular formula is C10H13BrN2. The van der Waals surface area contributed by atoms with Crippen molar-refractivity contribution in [1.82, 2.24) is 4.90 Å². The van der Waals surface area contributed by atoms with Gasteiger partial charge in [-0.15, -0.1) is 0 Å². The number of likely N-dealkylation sites (N-methyl/N-ethyl adjacent to an activating group) is 1. The van der Waals surface area contributed by atoms with Crippen molar-refractivity contribution in [2.24, 2.45) is 0 Å². The van der Waals surface area contributed by atoms with Crippen molar-refractivity contribution in [3.05, 3.63) is 34.3 Å². The summed E-state index contributed by atoms with van der Waals surface area (Å²) < 4.78 is 1.08. The van der Waals surface area contributed by atoms with Gasteiger partial charge in [0.05, 0.1) is 5.84 Å². The van der Waals surface area contributed by atoms with Crippen molar-refractivity contribution in [3.63, 3.8) is 0 Å². The van der Waals surface area contributed by atoms with Crippen molar-refractivity contribution in [2.75, 3.05) is 14.1 Å². The summed E-state index contributed by atoms with van der Waals surface area (Å²) in [6.07, 6.45) is 0.695. The Kier molecular flexibility index (Phi) is 3.48. The van der Waals surface area contributed by atoms with Crippen LogP contribution >= 0.6 is 15.9 Å². The molecule has 0 atom stereocenters. The first-order valence-corrected chi connectivity index (χ1v) is 4.88. The topological polar surface area (TPSA) is 27.1 Å². The van der Waals surface area contributed by atoms with E-state index < -0.39 is 0 Å². The minimum atomic E-state index is 0.627. The molecule has 0 amide bonds. The highest BCUT2D eigenvalue weighted by Gasteiger charge is 2.00. The van der Waals surface area contributed by atoms with Crippen LogP contribution in [0.25, 0.3) is 0 Å². The van der Waals surface area contributed by atoms with E-state index in [-0.39, 0.29) is 0 Å². The SMILES string of the molecule is CN(C)C(=N)Cc1ccc(Br)cc1. The van der Waals surface area contributed by atoms with Gasteiger partial charge in [-0.25, -0.2) is 0 Å². The fourth-order valence-corrected chi connectivity index (χ4v) is 1.22. The highest BCUT2D eigenvalue weighted by atomic mass is 79.9. The number of hydrogen-bond acceptors (Lipinski definition) is 1. The number of halogens is 1. The fourth-order valence-electron chi connectivity index (χ4n) is 0.954. The second-order valence-electron chi connectivity index (χ2n) is 3.14. The number of amidine groups is 1. The Morgan fingerprint density at radius 3 is 2.31 bits per heavy atom. The Morgan fingerprint density at radius 1 is 1.31 bits per heavy atom. The maximum Gasteiger partial charge on any atom is 0.0997 e. The summed E-state index contributed by atoms with van der Waals surface area (Å²) in [5.41, 5.74) is 1.17. The lowest BCUT2D eigenvalue weighted by Gasteiger charge is -2.13. The number of hydrogen-bond donors (Lipinski definition) is 1. The molecule has 0 spiro atoms. The third kappa shape index (κ3) is 3.19. The maximum absolute atomic E-state index is 7.65. The van der Waals surface area contributed by atoms with Gasteiger partial charge in [-0.2, -0.15) is 0 Å². The molecule has 1 aromatic carbocycles. The lowest BCUT2D eigenvalue weighted by Crippen LogP contribution is -2.22. The van der Waals surface area contributed by atoms with E-state index >= 15 is 0 Å². The maximum atomic E-state index is 7.65. The van der Waals surface area contributed by atoms with Gasteiger partial charge in [0.25, 0.3) is 0 Å². The van der Waals surface area contributed by atoms with Crippen LogP contribution in [0.3, 0.4) is 0 Å². The number of nitrogens with zero attached hydrogens (tertiary/aromatic N) is 1. The zero-order chi connectivity index (χ0) is 9.84. The monoisotopic (exact) mass is 240 g/mol. The van der Waals surface area contributed by atoms with Crippen molar-refractivity contribution in [2.45, 2.75) is 6.42 Å². The van der Waals surface area contributed by atoms with Crippen LogP contribution in [0.4, 0.5) is 0 Å². The smallest absolute Gasteiger partial charge is 0.0997 e. The van der Waals surface area contributed by atoms with Crippen LogP contribution in [0.15, 0.2) is 28.7 Å². The van der Waals surface area contributed by atoms with E-state index in [1.165, 1.54) is 5.56 Å². The standard InChI is InChI=1S/C10H13BrN2/c1-13(2)10(12)7-8-3-5-9(11)6-4-8/h3-6,12H,7H2,1-2H3. The van der Waals surface area contributed by atoms with Gasteiger partial charge in [0, 0.05) is 25.0 Å². The lowest BCUT2D eigenvalue weighted by molar-refractivity contribution is 0.605. The Balaban J connectivity index is 2.65. The predicted octanol–water partition coefficient (Wildman–Crippen LogP) is 2.53. The molecule has 0 saturated heterocycles. The van der Waals surface area contributed by atoms with Gasteiger partial charge in [0.2, 0.25) is 0 Å². The van der Waals surface area contributed by atoms with Gasteiger partial charge in [0.1, 0.15) is 0 Å². The summed E-state index contributed by atoms with van der Waals surface area (Å²) in [6.45, 7) is 0.